The molecular weight excluding hydrogens is 635 g/mol. The minimum atomic E-state index is -1.87. The summed E-state index contributed by atoms with van der Waals surface area (Å²) in [4.78, 5) is 30.0. The lowest BCUT2D eigenvalue weighted by molar-refractivity contribution is -0.114. The third-order valence-electron chi connectivity index (χ3n) is 8.54. The summed E-state index contributed by atoms with van der Waals surface area (Å²) in [5.41, 5.74) is -2.18. The molecule has 2 aliphatic heterocycles. The number of nitrogens with zero attached hydrogens (tertiary/aromatic N) is 3. The van der Waals surface area contributed by atoms with Gasteiger partial charge in [-0.25, -0.2) is 13.6 Å². The molecule has 46 heavy (non-hydrogen) atoms. The molecule has 0 bridgehead atoms. The number of methoxy groups -OCH3 is 1. The molecule has 0 saturated carbocycles. The van der Waals surface area contributed by atoms with E-state index in [-0.39, 0.29) is 49.7 Å². The minimum Gasteiger partial charge on any atom is -0.496 e. The second-order valence-corrected chi connectivity index (χ2v) is 13.9. The fourth-order valence-electron chi connectivity index (χ4n) is 6.82. The van der Waals surface area contributed by atoms with Crippen molar-refractivity contribution in [2.45, 2.75) is 58.7 Å². The van der Waals surface area contributed by atoms with Crippen LogP contribution in [0, 0.1) is 34.3 Å². The molecule has 0 radical (unpaired) electrons. The highest BCUT2D eigenvalue weighted by molar-refractivity contribution is 6.31. The summed E-state index contributed by atoms with van der Waals surface area (Å²) in [6.07, 6.45) is -0.443. The second-order valence-electron chi connectivity index (χ2n) is 13.1. The lowest BCUT2D eigenvalue weighted by Crippen LogP contribution is -2.53. The number of nitriles is 1. The summed E-state index contributed by atoms with van der Waals surface area (Å²) >= 11 is 12.4. The van der Waals surface area contributed by atoms with Crippen LogP contribution in [-0.4, -0.2) is 41.2 Å². The maximum Gasteiger partial charge on any atom is 0.339 e. The molecule has 2 heterocycles. The first-order chi connectivity index (χ1) is 21.6. The molecule has 1 amide bonds. The number of hydrogen-bond donors (Lipinski definition) is 1. The fraction of sp³-hybridized carbons (Fsp3) is 0.343. The highest BCUT2D eigenvalue weighted by Crippen LogP contribution is 2.59. The van der Waals surface area contributed by atoms with Gasteiger partial charge in [0.25, 0.3) is 5.91 Å². The maximum absolute atomic E-state index is 16.2. The average Bonchev–Trinajstić information content (AvgIpc) is 3.42. The second kappa shape index (κ2) is 11.9. The van der Waals surface area contributed by atoms with E-state index in [2.05, 4.69) is 6.07 Å². The van der Waals surface area contributed by atoms with E-state index in [4.69, 9.17) is 27.9 Å². The lowest BCUT2D eigenvalue weighted by Gasteiger charge is -2.44. The summed E-state index contributed by atoms with van der Waals surface area (Å²) < 4.78 is 37.6. The van der Waals surface area contributed by atoms with Gasteiger partial charge in [0, 0.05) is 33.5 Å². The van der Waals surface area contributed by atoms with Gasteiger partial charge in [0.2, 0.25) is 0 Å². The van der Waals surface area contributed by atoms with Crippen molar-refractivity contribution < 1.29 is 28.2 Å². The van der Waals surface area contributed by atoms with Crippen LogP contribution < -0.4 is 9.64 Å². The summed E-state index contributed by atoms with van der Waals surface area (Å²) in [7, 11) is 1.33. The molecule has 1 N–H and O–H groups in total. The topological polar surface area (TPSA) is 93.9 Å². The van der Waals surface area contributed by atoms with Crippen LogP contribution in [0.3, 0.4) is 0 Å². The average molecular weight is 669 g/mol. The Kier molecular flexibility index (Phi) is 8.60. The van der Waals surface area contributed by atoms with E-state index in [0.717, 1.165) is 6.07 Å². The third kappa shape index (κ3) is 5.18. The van der Waals surface area contributed by atoms with Crippen molar-refractivity contribution in [2.24, 2.45) is 11.3 Å². The van der Waals surface area contributed by atoms with E-state index in [9.17, 15) is 20.0 Å². The monoisotopic (exact) mass is 667 g/mol. The molecule has 0 spiro atoms. The van der Waals surface area contributed by atoms with Gasteiger partial charge in [0.1, 0.15) is 40.2 Å². The molecule has 0 unspecified atom stereocenters. The molecule has 2 aliphatic rings. The molecule has 1 saturated heterocycles. The number of aromatic carboxylic acids is 1. The summed E-state index contributed by atoms with van der Waals surface area (Å²) in [6.45, 7) is 9.72. The quantitative estimate of drug-likeness (QED) is 0.272. The van der Waals surface area contributed by atoms with E-state index in [1.807, 2.05) is 39.5 Å². The van der Waals surface area contributed by atoms with Crippen LogP contribution in [0.15, 0.2) is 60.3 Å². The van der Waals surface area contributed by atoms with Gasteiger partial charge in [-0.3, -0.25) is 9.69 Å². The van der Waals surface area contributed by atoms with Crippen LogP contribution in [-0.2, 0) is 10.2 Å². The van der Waals surface area contributed by atoms with Crippen molar-refractivity contribution in [3.8, 4) is 11.8 Å². The first kappa shape index (κ1) is 33.2. The standard InChI is InChI=1S/C35H33Cl2F2N3O4/c1-18(2)31-41(20-11-12-21(33(44)45)26(15-20)46-6)32(43)30-28(22-8-7-9-24(37)29(22)39)35(17-40,23-13-10-19(36)14-25(23)38)27(42(30)31)16-34(3,4)5/h7-15,18,27,31H,16H2,1-6H3,(H,44,45)/t27-,31+,35-/m0/s1. The Morgan fingerprint density at radius 2 is 1.83 bits per heavy atom. The van der Waals surface area contributed by atoms with Gasteiger partial charge >= 0.3 is 5.97 Å². The zero-order valence-electron chi connectivity index (χ0n) is 26.2. The van der Waals surface area contributed by atoms with E-state index in [1.54, 1.807) is 0 Å². The van der Waals surface area contributed by atoms with Crippen molar-refractivity contribution in [2.75, 3.05) is 12.0 Å². The largest absolute Gasteiger partial charge is 0.496 e. The molecule has 5 rings (SSSR count). The zero-order chi connectivity index (χ0) is 33.9. The number of anilines is 1. The van der Waals surface area contributed by atoms with Crippen LogP contribution >= 0.6 is 23.2 Å². The van der Waals surface area contributed by atoms with Crippen LogP contribution in [0.25, 0.3) is 5.57 Å². The first-order valence-electron chi connectivity index (χ1n) is 14.7. The Balaban J connectivity index is 1.93. The van der Waals surface area contributed by atoms with Gasteiger partial charge in [-0.2, -0.15) is 5.26 Å². The lowest BCUT2D eigenvalue weighted by atomic mass is 9.65. The number of ether oxygens (including phenoxy) is 1. The molecule has 1 fully saturated rings. The van der Waals surface area contributed by atoms with Crippen molar-refractivity contribution in [1.29, 1.82) is 5.26 Å². The maximum atomic E-state index is 16.2. The van der Waals surface area contributed by atoms with Gasteiger partial charge in [-0.05, 0) is 48.1 Å². The number of carbonyl (C=O) groups excluding carboxylic acids is 1. The summed E-state index contributed by atoms with van der Waals surface area (Å²) in [5.74, 6) is -3.62. The molecule has 0 aromatic heterocycles. The highest BCUT2D eigenvalue weighted by atomic mass is 35.5. The zero-order valence-corrected chi connectivity index (χ0v) is 27.7. The van der Waals surface area contributed by atoms with Crippen molar-refractivity contribution in [3.63, 3.8) is 0 Å². The number of carboxylic acid groups (broad SMARTS) is 1. The van der Waals surface area contributed by atoms with Crippen LogP contribution in [0.4, 0.5) is 14.5 Å². The summed E-state index contributed by atoms with van der Waals surface area (Å²) in [6, 6.07) is 14.2. The van der Waals surface area contributed by atoms with Gasteiger partial charge in [0.15, 0.2) is 0 Å². The Hall–Kier alpha value is -4.13. The summed E-state index contributed by atoms with van der Waals surface area (Å²) in [5, 5.41) is 20.8. The predicted octanol–water partition coefficient (Wildman–Crippen LogP) is 8.30. The molecule has 0 aliphatic carbocycles. The smallest absolute Gasteiger partial charge is 0.339 e. The Labute approximate surface area is 276 Å². The van der Waals surface area contributed by atoms with E-state index in [1.165, 1.54) is 60.5 Å². The number of rotatable bonds is 7. The number of halogens is 4. The van der Waals surface area contributed by atoms with Gasteiger partial charge in [0.05, 0.1) is 24.2 Å². The number of fused-ring (bicyclic) bond motifs is 1. The fourth-order valence-corrected chi connectivity index (χ4v) is 7.15. The number of amides is 1. The molecule has 3 aromatic carbocycles. The van der Waals surface area contributed by atoms with E-state index in [0.29, 0.717) is 12.1 Å². The van der Waals surface area contributed by atoms with Crippen molar-refractivity contribution in [3.05, 3.63) is 98.7 Å². The molecule has 7 nitrogen and oxygen atoms in total. The number of benzene rings is 3. The van der Waals surface area contributed by atoms with Crippen LogP contribution in [0.5, 0.6) is 5.75 Å². The normalized spacial score (nSPS) is 21.2. The predicted molar refractivity (Wildman–Crippen MR) is 173 cm³/mol. The molecular formula is C35H33Cl2F2N3O4. The van der Waals surface area contributed by atoms with Crippen molar-refractivity contribution >= 4 is 46.3 Å². The van der Waals surface area contributed by atoms with E-state index >= 15 is 8.78 Å². The Morgan fingerprint density at radius 3 is 2.39 bits per heavy atom. The molecule has 3 aromatic rings. The SMILES string of the molecule is COc1cc(N2C(=O)C3=C(c4cccc(Cl)c4F)[C@@](C#N)(c4ccc(Cl)cc4F)[C@H](CC(C)(C)C)N3[C@@H]2C(C)C)ccc1C(=O)O. The number of carbonyl (C=O) groups is 2. The van der Waals surface area contributed by atoms with Gasteiger partial charge < -0.3 is 14.7 Å². The highest BCUT2D eigenvalue weighted by Gasteiger charge is 2.64. The Bertz CT molecular complexity index is 1830. The third-order valence-corrected chi connectivity index (χ3v) is 9.07. The van der Waals surface area contributed by atoms with E-state index < -0.39 is 46.5 Å². The van der Waals surface area contributed by atoms with Crippen LogP contribution in [0.2, 0.25) is 10.0 Å². The molecule has 3 atom stereocenters. The van der Waals surface area contributed by atoms with Crippen molar-refractivity contribution in [1.82, 2.24) is 4.90 Å². The van der Waals surface area contributed by atoms with Gasteiger partial charge in [-0.1, -0.05) is 76.0 Å². The Morgan fingerprint density at radius 1 is 1.13 bits per heavy atom. The number of carboxylic acids is 1. The number of hydrogen-bond acceptors (Lipinski definition) is 5. The molecule has 11 heteroatoms. The van der Waals surface area contributed by atoms with Gasteiger partial charge in [-0.15, -0.1) is 0 Å². The molecule has 240 valence electrons. The minimum absolute atomic E-state index is 0.00209. The first-order valence-corrected chi connectivity index (χ1v) is 15.4. The van der Waals surface area contributed by atoms with Crippen LogP contribution in [0.1, 0.15) is 62.5 Å².